The van der Waals surface area contributed by atoms with Crippen LogP contribution in [0.2, 0.25) is 0 Å². The van der Waals surface area contributed by atoms with Gasteiger partial charge in [-0.15, -0.1) is 0 Å². The van der Waals surface area contributed by atoms with Gasteiger partial charge in [-0.25, -0.2) is 0 Å². The van der Waals surface area contributed by atoms with Crippen LogP contribution in [-0.2, 0) is 11.2 Å². The molecule has 2 N–H and O–H groups in total. The number of hydrogen-bond acceptors (Lipinski definition) is 4. The number of nitrogens with one attached hydrogen (secondary N) is 1. The van der Waals surface area contributed by atoms with E-state index in [-0.39, 0.29) is 23.8 Å². The van der Waals surface area contributed by atoms with Gasteiger partial charge in [0.25, 0.3) is 5.69 Å². The number of carbonyl (C=O) groups is 1. The molecule has 6 heteroatoms. The Bertz CT molecular complexity index is 417. The zero-order valence-electron chi connectivity index (χ0n) is 8.77. The molecule has 1 amide bonds. The molecule has 1 aromatic rings. The number of nitro groups is 1. The summed E-state index contributed by atoms with van der Waals surface area (Å²) in [4.78, 5) is 20.8. The molecule has 0 radical (unpaired) electrons. The Morgan fingerprint density at radius 1 is 1.56 bits per heavy atom. The van der Waals surface area contributed by atoms with Crippen LogP contribution in [0, 0.1) is 10.1 Å². The summed E-state index contributed by atoms with van der Waals surface area (Å²) in [5, 5.41) is 22.4. The maximum atomic E-state index is 11.0. The van der Waals surface area contributed by atoms with E-state index in [4.69, 9.17) is 0 Å². The van der Waals surface area contributed by atoms with Crippen LogP contribution in [0.25, 0.3) is 0 Å². The number of phenols is 1. The maximum Gasteiger partial charge on any atom is 0.273 e. The Hall–Kier alpha value is -2.11. The standard InChI is InChI=1S/C10H12N2O4/c1-11-10(14)5-3-7-2-4-8(12(15)16)6-9(7)13/h2,4,6,13H,3,5H2,1H3,(H,11,14). The molecule has 0 saturated carbocycles. The second-order valence-electron chi connectivity index (χ2n) is 3.24. The molecule has 0 fully saturated rings. The molecule has 6 nitrogen and oxygen atoms in total. The van der Waals surface area contributed by atoms with Gasteiger partial charge in [-0.05, 0) is 18.1 Å². The molecule has 0 aliphatic heterocycles. The number of rotatable bonds is 4. The lowest BCUT2D eigenvalue weighted by molar-refractivity contribution is -0.384. The fraction of sp³-hybridized carbons (Fsp3) is 0.300. The van der Waals surface area contributed by atoms with E-state index < -0.39 is 4.92 Å². The molecular formula is C10H12N2O4. The Morgan fingerprint density at radius 3 is 2.75 bits per heavy atom. The van der Waals surface area contributed by atoms with Crippen molar-refractivity contribution in [3.8, 4) is 5.75 Å². The first kappa shape index (κ1) is 12.0. The van der Waals surface area contributed by atoms with Crippen molar-refractivity contribution in [3.05, 3.63) is 33.9 Å². The van der Waals surface area contributed by atoms with Crippen LogP contribution in [0.3, 0.4) is 0 Å². The normalized spacial score (nSPS) is 9.81. The van der Waals surface area contributed by atoms with Crippen LogP contribution in [0.4, 0.5) is 5.69 Å². The molecule has 0 bridgehead atoms. The number of non-ortho nitro benzene ring substituents is 1. The molecule has 0 spiro atoms. The Morgan fingerprint density at radius 2 is 2.25 bits per heavy atom. The fourth-order valence-corrected chi connectivity index (χ4v) is 1.25. The van der Waals surface area contributed by atoms with Crippen molar-refractivity contribution in [1.82, 2.24) is 5.32 Å². The van der Waals surface area contributed by atoms with E-state index in [1.165, 1.54) is 19.2 Å². The third-order valence-electron chi connectivity index (χ3n) is 2.18. The van der Waals surface area contributed by atoms with Gasteiger partial charge in [-0.1, -0.05) is 0 Å². The summed E-state index contributed by atoms with van der Waals surface area (Å²) in [6.07, 6.45) is 0.589. The number of nitro benzene ring substituents is 1. The summed E-state index contributed by atoms with van der Waals surface area (Å²) in [5.41, 5.74) is 0.357. The van der Waals surface area contributed by atoms with Gasteiger partial charge in [0.05, 0.1) is 11.0 Å². The van der Waals surface area contributed by atoms with Crippen molar-refractivity contribution >= 4 is 11.6 Å². The van der Waals surface area contributed by atoms with E-state index in [0.29, 0.717) is 12.0 Å². The van der Waals surface area contributed by atoms with E-state index in [2.05, 4.69) is 5.32 Å². The average molecular weight is 224 g/mol. The van der Waals surface area contributed by atoms with E-state index in [0.717, 1.165) is 6.07 Å². The molecule has 0 saturated heterocycles. The lowest BCUT2D eigenvalue weighted by Gasteiger charge is -2.03. The second-order valence-corrected chi connectivity index (χ2v) is 3.24. The predicted octanol–water partition coefficient (Wildman–Crippen LogP) is 0.979. The van der Waals surface area contributed by atoms with Gasteiger partial charge in [-0.2, -0.15) is 0 Å². The van der Waals surface area contributed by atoms with Gasteiger partial charge >= 0.3 is 0 Å². The maximum absolute atomic E-state index is 11.0. The summed E-state index contributed by atoms with van der Waals surface area (Å²) in [7, 11) is 1.53. The van der Waals surface area contributed by atoms with Crippen LogP contribution >= 0.6 is 0 Å². The molecule has 16 heavy (non-hydrogen) atoms. The molecule has 0 atom stereocenters. The third kappa shape index (κ3) is 2.94. The Kier molecular flexibility index (Phi) is 3.82. The number of nitrogens with zero attached hydrogens (tertiary/aromatic N) is 1. The van der Waals surface area contributed by atoms with Gasteiger partial charge in [0.1, 0.15) is 5.75 Å². The highest BCUT2D eigenvalue weighted by Crippen LogP contribution is 2.24. The van der Waals surface area contributed by atoms with Gasteiger partial charge in [-0.3, -0.25) is 14.9 Å². The molecule has 1 aromatic carbocycles. The third-order valence-corrected chi connectivity index (χ3v) is 2.18. The quantitative estimate of drug-likeness (QED) is 0.589. The Labute approximate surface area is 92.0 Å². The number of phenolic OH excluding ortho intramolecular Hbond substituents is 1. The lowest BCUT2D eigenvalue weighted by atomic mass is 10.1. The fourth-order valence-electron chi connectivity index (χ4n) is 1.25. The van der Waals surface area contributed by atoms with Crippen LogP contribution in [-0.4, -0.2) is 23.0 Å². The van der Waals surface area contributed by atoms with Gasteiger partial charge in [0, 0.05) is 19.5 Å². The van der Waals surface area contributed by atoms with Crippen molar-refractivity contribution in [2.45, 2.75) is 12.8 Å². The second kappa shape index (κ2) is 5.11. The minimum Gasteiger partial charge on any atom is -0.507 e. The minimum absolute atomic E-state index is 0.141. The van der Waals surface area contributed by atoms with Crippen molar-refractivity contribution in [2.24, 2.45) is 0 Å². The number of benzene rings is 1. The minimum atomic E-state index is -0.581. The topological polar surface area (TPSA) is 92.5 Å². The number of aryl methyl sites for hydroxylation is 1. The number of hydrogen-bond donors (Lipinski definition) is 2. The molecule has 0 aliphatic rings. The molecule has 0 aliphatic carbocycles. The SMILES string of the molecule is CNC(=O)CCc1ccc([N+](=O)[O-])cc1O. The summed E-state index contributed by atoms with van der Waals surface area (Å²) in [6, 6.07) is 3.84. The van der Waals surface area contributed by atoms with Crippen LogP contribution in [0.15, 0.2) is 18.2 Å². The molecule has 0 unspecified atom stereocenters. The number of aromatic hydroxyl groups is 1. The predicted molar refractivity (Wildman–Crippen MR) is 57.1 cm³/mol. The van der Waals surface area contributed by atoms with Crippen LogP contribution in [0.5, 0.6) is 5.75 Å². The number of carbonyl (C=O) groups excluding carboxylic acids is 1. The highest BCUT2D eigenvalue weighted by Gasteiger charge is 2.10. The first-order valence-electron chi connectivity index (χ1n) is 4.71. The van der Waals surface area contributed by atoms with Crippen LogP contribution < -0.4 is 5.32 Å². The zero-order chi connectivity index (χ0) is 12.1. The highest BCUT2D eigenvalue weighted by atomic mass is 16.6. The first-order valence-corrected chi connectivity index (χ1v) is 4.71. The van der Waals surface area contributed by atoms with Gasteiger partial charge < -0.3 is 10.4 Å². The highest BCUT2D eigenvalue weighted by molar-refractivity contribution is 5.75. The molecule has 0 aromatic heterocycles. The average Bonchev–Trinajstić information content (AvgIpc) is 2.26. The van der Waals surface area contributed by atoms with Gasteiger partial charge in [0.2, 0.25) is 5.91 Å². The molecule has 86 valence electrons. The summed E-state index contributed by atoms with van der Waals surface area (Å²) >= 11 is 0. The lowest BCUT2D eigenvalue weighted by Crippen LogP contribution is -2.17. The van der Waals surface area contributed by atoms with E-state index in [1.807, 2.05) is 0 Å². The van der Waals surface area contributed by atoms with Crippen LogP contribution in [0.1, 0.15) is 12.0 Å². The van der Waals surface area contributed by atoms with E-state index in [1.54, 1.807) is 0 Å². The number of amides is 1. The van der Waals surface area contributed by atoms with Crippen molar-refractivity contribution < 1.29 is 14.8 Å². The Balaban J connectivity index is 2.75. The smallest absolute Gasteiger partial charge is 0.273 e. The summed E-state index contributed by atoms with van der Waals surface area (Å²) < 4.78 is 0. The zero-order valence-corrected chi connectivity index (χ0v) is 8.77. The van der Waals surface area contributed by atoms with E-state index >= 15 is 0 Å². The molecule has 1 rings (SSSR count). The monoisotopic (exact) mass is 224 g/mol. The van der Waals surface area contributed by atoms with Crippen molar-refractivity contribution in [1.29, 1.82) is 0 Å². The van der Waals surface area contributed by atoms with E-state index in [9.17, 15) is 20.0 Å². The first-order chi connectivity index (χ1) is 7.54. The summed E-state index contributed by atoms with van der Waals surface area (Å²) in [5.74, 6) is -0.296. The molecular weight excluding hydrogens is 212 g/mol. The largest absolute Gasteiger partial charge is 0.507 e. The van der Waals surface area contributed by atoms with Crippen molar-refractivity contribution in [3.63, 3.8) is 0 Å². The summed E-state index contributed by atoms with van der Waals surface area (Å²) in [6.45, 7) is 0. The van der Waals surface area contributed by atoms with Gasteiger partial charge in [0.15, 0.2) is 0 Å². The molecule has 0 heterocycles. The van der Waals surface area contributed by atoms with Crippen molar-refractivity contribution in [2.75, 3.05) is 7.05 Å².